The summed E-state index contributed by atoms with van der Waals surface area (Å²) >= 11 is 0. The van der Waals surface area contributed by atoms with Gasteiger partial charge in [0, 0.05) is 5.56 Å². The molecule has 5 nitrogen and oxygen atoms in total. The molecule has 16 heavy (non-hydrogen) atoms. The van der Waals surface area contributed by atoms with Gasteiger partial charge in [-0.2, -0.15) is 8.42 Å². The summed E-state index contributed by atoms with van der Waals surface area (Å²) in [4.78, 5) is 11.0. The van der Waals surface area contributed by atoms with Crippen molar-refractivity contribution in [3.05, 3.63) is 29.3 Å². The molecule has 0 heterocycles. The molecule has 0 radical (unpaired) electrons. The zero-order valence-corrected chi connectivity index (χ0v) is 9.62. The van der Waals surface area contributed by atoms with Crippen LogP contribution in [0.2, 0.25) is 0 Å². The third-order valence-corrected chi connectivity index (χ3v) is 3.02. The van der Waals surface area contributed by atoms with Crippen LogP contribution in [0.5, 0.6) is 0 Å². The van der Waals surface area contributed by atoms with E-state index in [1.54, 1.807) is 0 Å². The topological polar surface area (TPSA) is 97.5 Å². The fourth-order valence-corrected chi connectivity index (χ4v) is 1.97. The average molecular weight is 243 g/mol. The Labute approximate surface area is 94.0 Å². The number of ketones is 1. The van der Waals surface area contributed by atoms with Crippen molar-refractivity contribution in [2.24, 2.45) is 5.73 Å². The van der Waals surface area contributed by atoms with E-state index in [2.05, 4.69) is 0 Å². The summed E-state index contributed by atoms with van der Waals surface area (Å²) in [6.45, 7) is 1.69. The second kappa shape index (κ2) is 4.73. The van der Waals surface area contributed by atoms with Crippen molar-refractivity contribution in [3.63, 3.8) is 0 Å². The second-order valence-corrected chi connectivity index (χ2v) is 4.81. The van der Waals surface area contributed by atoms with Crippen LogP contribution in [-0.4, -0.2) is 25.3 Å². The molecule has 0 atom stereocenters. The van der Waals surface area contributed by atoms with Gasteiger partial charge in [-0.15, -0.1) is 0 Å². The van der Waals surface area contributed by atoms with E-state index >= 15 is 0 Å². The van der Waals surface area contributed by atoms with Gasteiger partial charge in [0.2, 0.25) is 0 Å². The Bertz CT molecular complexity index is 508. The molecule has 3 N–H and O–H groups in total. The Morgan fingerprint density at radius 1 is 1.44 bits per heavy atom. The highest BCUT2D eigenvalue weighted by molar-refractivity contribution is 7.85. The van der Waals surface area contributed by atoms with Crippen LogP contribution < -0.4 is 5.73 Å². The molecule has 1 aromatic rings. The molecule has 0 aliphatic carbocycles. The van der Waals surface area contributed by atoms with Crippen LogP contribution in [0, 0.1) is 0 Å². The van der Waals surface area contributed by atoms with Crippen LogP contribution in [0.15, 0.2) is 23.1 Å². The van der Waals surface area contributed by atoms with Crippen LogP contribution in [0.1, 0.15) is 22.8 Å². The lowest BCUT2D eigenvalue weighted by Gasteiger charge is -2.07. The molecule has 0 spiro atoms. The third kappa shape index (κ3) is 2.88. The Balaban J connectivity index is 3.33. The standard InChI is InChI=1S/C10H13NO4S/c1-7(12)10-3-2-9(16(13,14)15)6-8(10)4-5-11/h2-3,6H,4-5,11H2,1H3,(H,13,14,15). The van der Waals surface area contributed by atoms with Crippen LogP contribution >= 0.6 is 0 Å². The van der Waals surface area contributed by atoms with Gasteiger partial charge in [-0.25, -0.2) is 0 Å². The van der Waals surface area contributed by atoms with Crippen LogP contribution in [-0.2, 0) is 16.5 Å². The van der Waals surface area contributed by atoms with Gasteiger partial charge in [0.25, 0.3) is 10.1 Å². The predicted molar refractivity (Wildman–Crippen MR) is 59.0 cm³/mol. The molecule has 88 valence electrons. The quantitative estimate of drug-likeness (QED) is 0.597. The third-order valence-electron chi connectivity index (χ3n) is 2.17. The number of hydrogen-bond acceptors (Lipinski definition) is 4. The Kier molecular flexibility index (Phi) is 3.79. The van der Waals surface area contributed by atoms with Crippen LogP contribution in [0.25, 0.3) is 0 Å². The number of benzene rings is 1. The van der Waals surface area contributed by atoms with Gasteiger partial charge in [-0.1, -0.05) is 0 Å². The van der Waals surface area contributed by atoms with E-state index in [1.165, 1.54) is 25.1 Å². The molecule has 0 aliphatic rings. The smallest absolute Gasteiger partial charge is 0.294 e. The van der Waals surface area contributed by atoms with Crippen molar-refractivity contribution in [2.75, 3.05) is 6.54 Å². The molecule has 0 amide bonds. The maximum atomic E-state index is 11.2. The molecule has 0 unspecified atom stereocenters. The molecule has 0 saturated heterocycles. The lowest BCUT2D eigenvalue weighted by molar-refractivity contribution is 0.101. The van der Waals surface area contributed by atoms with Crippen LogP contribution in [0.4, 0.5) is 0 Å². The molecular weight excluding hydrogens is 230 g/mol. The SMILES string of the molecule is CC(=O)c1ccc(S(=O)(=O)O)cc1CCN. The van der Waals surface area contributed by atoms with Gasteiger partial charge in [-0.05, 0) is 43.7 Å². The number of Topliss-reactive ketones (excluding diaryl/α,β-unsaturated/α-hetero) is 1. The van der Waals surface area contributed by atoms with E-state index in [4.69, 9.17) is 10.3 Å². The van der Waals surface area contributed by atoms with Gasteiger partial charge >= 0.3 is 0 Å². The van der Waals surface area contributed by atoms with E-state index in [-0.39, 0.29) is 10.7 Å². The van der Waals surface area contributed by atoms with Crippen molar-refractivity contribution in [1.29, 1.82) is 0 Å². The van der Waals surface area contributed by atoms with E-state index < -0.39 is 10.1 Å². The number of rotatable bonds is 4. The number of carbonyl (C=O) groups excluding carboxylic acids is 1. The highest BCUT2D eigenvalue weighted by Crippen LogP contribution is 2.17. The Morgan fingerprint density at radius 3 is 2.50 bits per heavy atom. The van der Waals surface area contributed by atoms with Crippen molar-refractivity contribution >= 4 is 15.9 Å². The normalized spacial score (nSPS) is 11.4. The maximum absolute atomic E-state index is 11.2. The lowest BCUT2D eigenvalue weighted by Crippen LogP contribution is -2.09. The molecule has 0 aliphatic heterocycles. The van der Waals surface area contributed by atoms with Crippen molar-refractivity contribution in [1.82, 2.24) is 0 Å². The molecule has 1 rings (SSSR count). The molecular formula is C10H13NO4S. The second-order valence-electron chi connectivity index (χ2n) is 3.39. The first-order chi connectivity index (χ1) is 7.36. The zero-order chi connectivity index (χ0) is 12.3. The monoisotopic (exact) mass is 243 g/mol. The van der Waals surface area contributed by atoms with Crippen LogP contribution in [0.3, 0.4) is 0 Å². The minimum Gasteiger partial charge on any atom is -0.330 e. The molecule has 0 saturated carbocycles. The zero-order valence-electron chi connectivity index (χ0n) is 8.80. The first kappa shape index (κ1) is 12.8. The van der Waals surface area contributed by atoms with Crippen molar-refractivity contribution < 1.29 is 17.8 Å². The fraction of sp³-hybridized carbons (Fsp3) is 0.300. The summed E-state index contributed by atoms with van der Waals surface area (Å²) in [7, 11) is -4.24. The van der Waals surface area contributed by atoms with Gasteiger partial charge in [0.15, 0.2) is 5.78 Å². The van der Waals surface area contributed by atoms with E-state index in [1.807, 2.05) is 0 Å². The number of hydrogen-bond donors (Lipinski definition) is 2. The van der Waals surface area contributed by atoms with Gasteiger partial charge in [-0.3, -0.25) is 9.35 Å². The summed E-state index contributed by atoms with van der Waals surface area (Å²) < 4.78 is 30.7. The predicted octanol–water partition coefficient (Wildman–Crippen LogP) is 0.637. The van der Waals surface area contributed by atoms with Gasteiger partial charge < -0.3 is 5.73 Å². The number of nitrogens with two attached hydrogens (primary N) is 1. The summed E-state index contributed by atoms with van der Waals surface area (Å²) in [5.74, 6) is -0.162. The number of carbonyl (C=O) groups is 1. The summed E-state index contributed by atoms with van der Waals surface area (Å²) in [6.07, 6.45) is 0.387. The highest BCUT2D eigenvalue weighted by atomic mass is 32.2. The molecule has 1 aromatic carbocycles. The van der Waals surface area contributed by atoms with E-state index in [9.17, 15) is 13.2 Å². The summed E-state index contributed by atoms with van der Waals surface area (Å²) in [5, 5.41) is 0. The van der Waals surface area contributed by atoms with Crippen molar-refractivity contribution in [3.8, 4) is 0 Å². The highest BCUT2D eigenvalue weighted by Gasteiger charge is 2.14. The first-order valence-electron chi connectivity index (χ1n) is 4.67. The van der Waals surface area contributed by atoms with E-state index in [0.717, 1.165) is 0 Å². The minimum atomic E-state index is -4.24. The average Bonchev–Trinajstić information content (AvgIpc) is 2.16. The molecule has 0 aromatic heterocycles. The minimum absolute atomic E-state index is 0.162. The van der Waals surface area contributed by atoms with Gasteiger partial charge in [0.1, 0.15) is 0 Å². The summed E-state index contributed by atoms with van der Waals surface area (Å²) in [6, 6.07) is 3.86. The molecule has 0 bridgehead atoms. The lowest BCUT2D eigenvalue weighted by atomic mass is 10.0. The van der Waals surface area contributed by atoms with E-state index in [0.29, 0.717) is 24.1 Å². The Hall–Kier alpha value is -1.24. The van der Waals surface area contributed by atoms with Gasteiger partial charge in [0.05, 0.1) is 4.90 Å². The fourth-order valence-electron chi connectivity index (χ4n) is 1.44. The Morgan fingerprint density at radius 2 is 2.06 bits per heavy atom. The largest absolute Gasteiger partial charge is 0.330 e. The summed E-state index contributed by atoms with van der Waals surface area (Å²) in [5.41, 5.74) is 6.33. The first-order valence-corrected chi connectivity index (χ1v) is 6.11. The maximum Gasteiger partial charge on any atom is 0.294 e. The van der Waals surface area contributed by atoms with Crippen molar-refractivity contribution in [2.45, 2.75) is 18.2 Å². The molecule has 6 heteroatoms. The molecule has 0 fully saturated rings.